The van der Waals surface area contributed by atoms with Gasteiger partial charge in [0.15, 0.2) is 0 Å². The molecule has 2 heterocycles. The number of carbonyl (C=O) groups is 2. The number of hydrogen-bond donors (Lipinski definition) is 1. The van der Waals surface area contributed by atoms with Gasteiger partial charge < -0.3 is 15.0 Å². The summed E-state index contributed by atoms with van der Waals surface area (Å²) in [4.78, 5) is 27.0. The highest BCUT2D eigenvalue weighted by Crippen LogP contribution is 2.41. The van der Waals surface area contributed by atoms with Crippen molar-refractivity contribution in [2.45, 2.75) is 70.7 Å². The molecule has 3 aliphatic rings. The summed E-state index contributed by atoms with van der Waals surface area (Å²) in [6, 6.07) is -0.678. The van der Waals surface area contributed by atoms with Crippen LogP contribution in [0.3, 0.4) is 0 Å². The molecule has 1 saturated carbocycles. The predicted octanol–water partition coefficient (Wildman–Crippen LogP) is 1.32. The molecule has 0 spiro atoms. The van der Waals surface area contributed by atoms with Crippen LogP contribution in [0, 0.1) is 11.8 Å². The summed E-state index contributed by atoms with van der Waals surface area (Å²) in [6.45, 7) is 6.62. The fraction of sp³-hybridized carbons (Fsp3) is 0.875. The van der Waals surface area contributed by atoms with E-state index in [0.717, 1.165) is 12.8 Å². The average molecular weight is 294 g/mol. The van der Waals surface area contributed by atoms with Gasteiger partial charge in [0.05, 0.1) is 12.1 Å². The van der Waals surface area contributed by atoms with Crippen molar-refractivity contribution in [1.29, 1.82) is 0 Å². The molecule has 2 aliphatic heterocycles. The Balaban J connectivity index is 1.83. The number of amides is 2. The monoisotopic (exact) mass is 294 g/mol. The molecule has 5 unspecified atom stereocenters. The largest absolute Gasteiger partial charge is 0.376 e. The second-order valence-electron chi connectivity index (χ2n) is 6.82. The second-order valence-corrected chi connectivity index (χ2v) is 6.82. The van der Waals surface area contributed by atoms with Crippen LogP contribution < -0.4 is 5.32 Å². The maximum Gasteiger partial charge on any atom is 0.246 e. The molecule has 2 saturated heterocycles. The van der Waals surface area contributed by atoms with Crippen LogP contribution >= 0.6 is 0 Å². The van der Waals surface area contributed by atoms with Gasteiger partial charge in [0.25, 0.3) is 0 Å². The molecule has 5 atom stereocenters. The number of hydrogen-bond acceptors (Lipinski definition) is 3. The topological polar surface area (TPSA) is 58.6 Å². The molecular weight excluding hydrogens is 268 g/mol. The highest BCUT2D eigenvalue weighted by molar-refractivity contribution is 5.97. The first kappa shape index (κ1) is 14.8. The zero-order chi connectivity index (χ0) is 15.1. The van der Waals surface area contributed by atoms with Gasteiger partial charge in [-0.2, -0.15) is 0 Å². The van der Waals surface area contributed by atoms with Gasteiger partial charge in [-0.05, 0) is 38.0 Å². The van der Waals surface area contributed by atoms with E-state index in [1.807, 2.05) is 18.7 Å². The van der Waals surface area contributed by atoms with Gasteiger partial charge in [-0.15, -0.1) is 0 Å². The van der Waals surface area contributed by atoms with Gasteiger partial charge in [-0.3, -0.25) is 9.59 Å². The van der Waals surface area contributed by atoms with Crippen LogP contribution in [0.5, 0.6) is 0 Å². The lowest BCUT2D eigenvalue weighted by Gasteiger charge is -2.43. The summed E-state index contributed by atoms with van der Waals surface area (Å²) in [6.07, 6.45) is 4.26. The molecule has 3 rings (SSSR count). The standard InChI is InChI=1S/C16H26N2O3/c1-4-9(2)13-16(20)18(10(3)15(19)17-13)12-7-8-21-14(12)11-5-6-11/h9-14H,4-8H2,1-3H3,(H,17,19). The Morgan fingerprint density at radius 3 is 2.67 bits per heavy atom. The van der Waals surface area contributed by atoms with Crippen molar-refractivity contribution < 1.29 is 14.3 Å². The second kappa shape index (κ2) is 5.59. The molecule has 2 amide bonds. The van der Waals surface area contributed by atoms with E-state index in [4.69, 9.17) is 4.74 Å². The maximum absolute atomic E-state index is 12.9. The lowest BCUT2D eigenvalue weighted by molar-refractivity contribution is -0.154. The molecule has 0 aromatic rings. The minimum Gasteiger partial charge on any atom is -0.376 e. The molecule has 118 valence electrons. The van der Waals surface area contributed by atoms with E-state index in [-0.39, 0.29) is 42.0 Å². The maximum atomic E-state index is 12.9. The summed E-state index contributed by atoms with van der Waals surface area (Å²) >= 11 is 0. The minimum absolute atomic E-state index is 0.0265. The van der Waals surface area contributed by atoms with E-state index in [9.17, 15) is 9.59 Å². The third-order valence-corrected chi connectivity index (χ3v) is 5.38. The molecule has 1 N–H and O–H groups in total. The molecule has 3 fully saturated rings. The third-order valence-electron chi connectivity index (χ3n) is 5.38. The molecule has 1 aliphatic carbocycles. The minimum atomic E-state index is -0.384. The fourth-order valence-corrected chi connectivity index (χ4v) is 3.66. The molecule has 0 radical (unpaired) electrons. The predicted molar refractivity (Wildman–Crippen MR) is 78.6 cm³/mol. The fourth-order valence-electron chi connectivity index (χ4n) is 3.66. The Hall–Kier alpha value is -1.10. The quantitative estimate of drug-likeness (QED) is 0.850. The lowest BCUT2D eigenvalue weighted by atomic mass is 9.92. The van der Waals surface area contributed by atoms with Gasteiger partial charge in [-0.25, -0.2) is 0 Å². The Labute approximate surface area is 126 Å². The van der Waals surface area contributed by atoms with Crippen LogP contribution in [0.25, 0.3) is 0 Å². The van der Waals surface area contributed by atoms with Crippen LogP contribution in [-0.4, -0.2) is 47.6 Å². The van der Waals surface area contributed by atoms with Crippen LogP contribution in [0.1, 0.15) is 46.5 Å². The van der Waals surface area contributed by atoms with Gasteiger partial charge in [0.1, 0.15) is 12.1 Å². The zero-order valence-electron chi connectivity index (χ0n) is 13.2. The van der Waals surface area contributed by atoms with Crippen LogP contribution in [0.2, 0.25) is 0 Å². The molecule has 0 aromatic carbocycles. The van der Waals surface area contributed by atoms with Crippen molar-refractivity contribution in [2.24, 2.45) is 11.8 Å². The first-order valence-electron chi connectivity index (χ1n) is 8.28. The Bertz CT molecular complexity index is 435. The van der Waals surface area contributed by atoms with Crippen molar-refractivity contribution >= 4 is 11.8 Å². The molecule has 0 bridgehead atoms. The van der Waals surface area contributed by atoms with E-state index in [1.165, 1.54) is 12.8 Å². The lowest BCUT2D eigenvalue weighted by Crippen LogP contribution is -2.67. The molecule has 5 nitrogen and oxygen atoms in total. The summed E-state index contributed by atoms with van der Waals surface area (Å²) in [5.41, 5.74) is 0. The van der Waals surface area contributed by atoms with Crippen molar-refractivity contribution in [1.82, 2.24) is 10.2 Å². The van der Waals surface area contributed by atoms with Crippen molar-refractivity contribution in [3.8, 4) is 0 Å². The molecule has 21 heavy (non-hydrogen) atoms. The zero-order valence-corrected chi connectivity index (χ0v) is 13.2. The van der Waals surface area contributed by atoms with E-state index in [0.29, 0.717) is 12.5 Å². The Morgan fingerprint density at radius 2 is 2.05 bits per heavy atom. The van der Waals surface area contributed by atoms with Crippen LogP contribution in [-0.2, 0) is 14.3 Å². The number of nitrogens with zero attached hydrogens (tertiary/aromatic N) is 1. The van der Waals surface area contributed by atoms with Crippen molar-refractivity contribution in [2.75, 3.05) is 6.61 Å². The number of carbonyl (C=O) groups excluding carboxylic acids is 2. The Morgan fingerprint density at radius 1 is 1.33 bits per heavy atom. The molecule has 5 heteroatoms. The third kappa shape index (κ3) is 2.56. The number of piperazine rings is 1. The first-order valence-corrected chi connectivity index (χ1v) is 8.28. The normalized spacial score (nSPS) is 38.5. The average Bonchev–Trinajstić information content (AvgIpc) is 3.21. The van der Waals surface area contributed by atoms with Gasteiger partial charge in [0, 0.05) is 6.61 Å². The van der Waals surface area contributed by atoms with Gasteiger partial charge >= 0.3 is 0 Å². The SMILES string of the molecule is CCC(C)C1NC(=O)C(C)N(C2CCOC2C2CC2)C1=O. The highest BCUT2D eigenvalue weighted by Gasteiger charge is 2.50. The van der Waals surface area contributed by atoms with Gasteiger partial charge in [0.2, 0.25) is 11.8 Å². The molecular formula is C16H26N2O3. The van der Waals surface area contributed by atoms with E-state index in [1.54, 1.807) is 0 Å². The number of ether oxygens (including phenoxy) is 1. The van der Waals surface area contributed by atoms with E-state index < -0.39 is 0 Å². The van der Waals surface area contributed by atoms with Gasteiger partial charge in [-0.1, -0.05) is 20.3 Å². The summed E-state index contributed by atoms with van der Waals surface area (Å²) in [7, 11) is 0. The number of rotatable bonds is 4. The molecule has 0 aromatic heterocycles. The Kier molecular flexibility index (Phi) is 3.95. The van der Waals surface area contributed by atoms with E-state index >= 15 is 0 Å². The number of nitrogens with one attached hydrogen (secondary N) is 1. The smallest absolute Gasteiger partial charge is 0.246 e. The van der Waals surface area contributed by atoms with Crippen LogP contribution in [0.15, 0.2) is 0 Å². The highest BCUT2D eigenvalue weighted by atomic mass is 16.5. The van der Waals surface area contributed by atoms with Crippen LogP contribution in [0.4, 0.5) is 0 Å². The first-order chi connectivity index (χ1) is 10.0. The van der Waals surface area contributed by atoms with E-state index in [2.05, 4.69) is 12.2 Å². The summed E-state index contributed by atoms with van der Waals surface area (Å²) < 4.78 is 5.87. The van der Waals surface area contributed by atoms with Crippen molar-refractivity contribution in [3.05, 3.63) is 0 Å². The summed E-state index contributed by atoms with van der Waals surface area (Å²) in [5, 5.41) is 2.91. The summed E-state index contributed by atoms with van der Waals surface area (Å²) in [5.74, 6) is 0.807. The van der Waals surface area contributed by atoms with Crippen molar-refractivity contribution in [3.63, 3.8) is 0 Å².